The lowest BCUT2D eigenvalue weighted by atomic mass is 9.80. The molecule has 0 heteroatoms. The first-order valence-electron chi connectivity index (χ1n) is 5.63. The average Bonchev–Trinajstić information content (AvgIpc) is 2.03. The third-order valence-electron chi connectivity index (χ3n) is 3.11. The van der Waals surface area contributed by atoms with Crippen LogP contribution in [0.25, 0.3) is 0 Å². The minimum Gasteiger partial charge on any atom is -0.0654 e. The van der Waals surface area contributed by atoms with Gasteiger partial charge in [-0.15, -0.1) is 0 Å². The van der Waals surface area contributed by atoms with E-state index in [4.69, 9.17) is 0 Å². The van der Waals surface area contributed by atoms with Crippen molar-refractivity contribution in [1.82, 2.24) is 0 Å². The quantitative estimate of drug-likeness (QED) is 0.551. The maximum absolute atomic E-state index is 2.42. The van der Waals surface area contributed by atoms with E-state index in [1.54, 1.807) is 0 Å². The maximum Gasteiger partial charge on any atom is -0.0386 e. The normalized spacial score (nSPS) is 14.2. The summed E-state index contributed by atoms with van der Waals surface area (Å²) in [7, 11) is 0. The van der Waals surface area contributed by atoms with Gasteiger partial charge in [-0.05, 0) is 17.8 Å². The lowest BCUT2D eigenvalue weighted by molar-refractivity contribution is 0.245. The van der Waals surface area contributed by atoms with E-state index in [2.05, 4.69) is 34.6 Å². The van der Waals surface area contributed by atoms with Crippen LogP contribution in [0.5, 0.6) is 0 Å². The first kappa shape index (κ1) is 12.0. The van der Waals surface area contributed by atoms with E-state index in [-0.39, 0.29) is 0 Å². The Labute approximate surface area is 78.8 Å². The van der Waals surface area contributed by atoms with Crippen molar-refractivity contribution < 1.29 is 0 Å². The molecule has 74 valence electrons. The van der Waals surface area contributed by atoms with E-state index in [1.165, 1.54) is 25.7 Å². The zero-order valence-electron chi connectivity index (χ0n) is 9.56. The van der Waals surface area contributed by atoms with Gasteiger partial charge in [-0.25, -0.2) is 0 Å². The summed E-state index contributed by atoms with van der Waals surface area (Å²) in [6.45, 7) is 11.7. The van der Waals surface area contributed by atoms with E-state index >= 15 is 0 Å². The molecule has 0 aromatic heterocycles. The fourth-order valence-electron chi connectivity index (χ4n) is 1.96. The Bertz CT molecular complexity index is 88.2. The Hall–Kier alpha value is 0. The average molecular weight is 170 g/mol. The summed E-state index contributed by atoms with van der Waals surface area (Å²) < 4.78 is 0. The van der Waals surface area contributed by atoms with Gasteiger partial charge in [-0.1, -0.05) is 60.3 Å². The van der Waals surface area contributed by atoms with Crippen LogP contribution >= 0.6 is 0 Å². The SMILES string of the molecule is CCCC(CCC)C(C)C(C)C. The second-order valence-electron chi connectivity index (χ2n) is 4.44. The minimum atomic E-state index is 0.855. The van der Waals surface area contributed by atoms with Crippen LogP contribution in [-0.4, -0.2) is 0 Å². The van der Waals surface area contributed by atoms with Gasteiger partial charge in [0.05, 0.1) is 0 Å². The number of rotatable bonds is 6. The Morgan fingerprint density at radius 2 is 1.25 bits per heavy atom. The minimum absolute atomic E-state index is 0.855. The van der Waals surface area contributed by atoms with Gasteiger partial charge in [0.2, 0.25) is 0 Å². The third-order valence-corrected chi connectivity index (χ3v) is 3.11. The molecule has 0 bridgehead atoms. The molecular weight excluding hydrogens is 144 g/mol. The molecule has 0 saturated carbocycles. The molecule has 1 atom stereocenters. The summed E-state index contributed by atoms with van der Waals surface area (Å²) in [4.78, 5) is 0. The predicted octanol–water partition coefficient (Wildman–Crippen LogP) is 4.49. The zero-order chi connectivity index (χ0) is 9.56. The molecule has 0 heterocycles. The molecule has 0 nitrogen and oxygen atoms in total. The molecule has 0 aliphatic rings. The van der Waals surface area contributed by atoms with E-state index in [1.807, 2.05) is 0 Å². The van der Waals surface area contributed by atoms with Crippen molar-refractivity contribution in [3.63, 3.8) is 0 Å². The smallest absolute Gasteiger partial charge is 0.0386 e. The summed E-state index contributed by atoms with van der Waals surface area (Å²) in [5.41, 5.74) is 0. The Balaban J connectivity index is 3.89. The first-order valence-corrected chi connectivity index (χ1v) is 5.63. The van der Waals surface area contributed by atoms with E-state index in [9.17, 15) is 0 Å². The third kappa shape index (κ3) is 4.13. The fraction of sp³-hybridized carbons (Fsp3) is 1.00. The molecular formula is C12H26. The van der Waals surface area contributed by atoms with Crippen molar-refractivity contribution in [1.29, 1.82) is 0 Å². The fourth-order valence-corrected chi connectivity index (χ4v) is 1.96. The van der Waals surface area contributed by atoms with Crippen LogP contribution in [0, 0.1) is 17.8 Å². The summed E-state index contributed by atoms with van der Waals surface area (Å²) in [6.07, 6.45) is 5.55. The molecule has 0 saturated heterocycles. The van der Waals surface area contributed by atoms with Gasteiger partial charge in [0.1, 0.15) is 0 Å². The second-order valence-corrected chi connectivity index (χ2v) is 4.44. The summed E-state index contributed by atoms with van der Waals surface area (Å²) in [5.74, 6) is 2.73. The maximum atomic E-state index is 2.42. The molecule has 0 amide bonds. The highest BCUT2D eigenvalue weighted by Gasteiger charge is 2.17. The largest absolute Gasteiger partial charge is 0.0654 e. The highest BCUT2D eigenvalue weighted by atomic mass is 14.2. The predicted molar refractivity (Wildman–Crippen MR) is 57.3 cm³/mol. The summed E-state index contributed by atoms with van der Waals surface area (Å²) in [5, 5.41) is 0. The van der Waals surface area contributed by atoms with Crippen LogP contribution < -0.4 is 0 Å². The van der Waals surface area contributed by atoms with Crippen LogP contribution in [0.4, 0.5) is 0 Å². The molecule has 0 N–H and O–H groups in total. The summed E-state index contributed by atoms with van der Waals surface area (Å²) >= 11 is 0. The van der Waals surface area contributed by atoms with Gasteiger partial charge < -0.3 is 0 Å². The topological polar surface area (TPSA) is 0 Å². The van der Waals surface area contributed by atoms with Crippen molar-refractivity contribution in [2.75, 3.05) is 0 Å². The molecule has 0 radical (unpaired) electrons. The van der Waals surface area contributed by atoms with E-state index < -0.39 is 0 Å². The highest BCUT2D eigenvalue weighted by Crippen LogP contribution is 2.28. The standard InChI is InChI=1S/C12H26/c1-6-8-12(9-7-2)11(5)10(3)4/h10-12H,6-9H2,1-5H3. The molecule has 0 fully saturated rings. The van der Waals surface area contributed by atoms with Gasteiger partial charge >= 0.3 is 0 Å². The Kier molecular flexibility index (Phi) is 6.51. The highest BCUT2D eigenvalue weighted by molar-refractivity contribution is 4.68. The monoisotopic (exact) mass is 170 g/mol. The molecule has 12 heavy (non-hydrogen) atoms. The molecule has 0 aliphatic heterocycles. The van der Waals surface area contributed by atoms with Gasteiger partial charge in [-0.2, -0.15) is 0 Å². The first-order chi connectivity index (χ1) is 5.63. The summed E-state index contributed by atoms with van der Waals surface area (Å²) in [6, 6.07) is 0. The van der Waals surface area contributed by atoms with E-state index in [0.717, 1.165) is 17.8 Å². The van der Waals surface area contributed by atoms with Crippen LogP contribution in [-0.2, 0) is 0 Å². The Morgan fingerprint density at radius 1 is 0.833 bits per heavy atom. The Morgan fingerprint density at radius 3 is 1.50 bits per heavy atom. The van der Waals surface area contributed by atoms with Crippen molar-refractivity contribution in [2.45, 2.75) is 60.3 Å². The van der Waals surface area contributed by atoms with Gasteiger partial charge in [0.25, 0.3) is 0 Å². The van der Waals surface area contributed by atoms with Gasteiger partial charge in [0, 0.05) is 0 Å². The van der Waals surface area contributed by atoms with E-state index in [0.29, 0.717) is 0 Å². The van der Waals surface area contributed by atoms with Crippen LogP contribution in [0.1, 0.15) is 60.3 Å². The molecule has 0 aliphatic carbocycles. The lowest BCUT2D eigenvalue weighted by Crippen LogP contribution is -2.16. The molecule has 0 aromatic carbocycles. The molecule has 0 spiro atoms. The molecule has 0 aromatic rings. The number of hydrogen-bond donors (Lipinski definition) is 0. The van der Waals surface area contributed by atoms with Crippen molar-refractivity contribution in [3.8, 4) is 0 Å². The zero-order valence-corrected chi connectivity index (χ0v) is 9.56. The van der Waals surface area contributed by atoms with Crippen LogP contribution in [0.3, 0.4) is 0 Å². The van der Waals surface area contributed by atoms with Crippen molar-refractivity contribution >= 4 is 0 Å². The number of hydrogen-bond acceptors (Lipinski definition) is 0. The van der Waals surface area contributed by atoms with Crippen LogP contribution in [0.15, 0.2) is 0 Å². The lowest BCUT2D eigenvalue weighted by Gasteiger charge is -2.26. The second kappa shape index (κ2) is 6.51. The molecule has 0 rings (SSSR count). The molecule has 1 unspecified atom stereocenters. The van der Waals surface area contributed by atoms with Crippen molar-refractivity contribution in [2.24, 2.45) is 17.8 Å². The van der Waals surface area contributed by atoms with Gasteiger partial charge in [0.15, 0.2) is 0 Å². The van der Waals surface area contributed by atoms with Crippen molar-refractivity contribution in [3.05, 3.63) is 0 Å². The van der Waals surface area contributed by atoms with Gasteiger partial charge in [-0.3, -0.25) is 0 Å². The van der Waals surface area contributed by atoms with Crippen LogP contribution in [0.2, 0.25) is 0 Å².